The van der Waals surface area contributed by atoms with Gasteiger partial charge in [-0.1, -0.05) is 0 Å². The van der Waals surface area contributed by atoms with E-state index in [1.165, 1.54) is 0 Å². The average molecular weight is 359 g/mol. The number of carbonyl (C=O) groups is 2. The molecule has 3 rings (SSSR count). The number of thiazole rings is 1. The highest BCUT2D eigenvalue weighted by molar-refractivity contribution is 7.18. The molecule has 1 aromatic carbocycles. The minimum absolute atomic E-state index is 0.0185. The number of amides is 2. The molecule has 1 aliphatic rings. The second kappa shape index (κ2) is 7.52. The van der Waals surface area contributed by atoms with E-state index in [-0.39, 0.29) is 17.7 Å². The lowest BCUT2D eigenvalue weighted by Gasteiger charge is -2.34. The number of aryl methyl sites for hydroxylation is 1. The Morgan fingerprint density at radius 2 is 2.08 bits per heavy atom. The first kappa shape index (κ1) is 17.9. The van der Waals surface area contributed by atoms with E-state index in [2.05, 4.69) is 4.98 Å². The van der Waals surface area contributed by atoms with E-state index < -0.39 is 0 Å². The Bertz CT molecular complexity index is 782. The SMILES string of the molecule is CCN(CC)C(=O)C1CCCN(C(=O)c2ccc3nc(C)sc3c2)C1. The lowest BCUT2D eigenvalue weighted by Crippen LogP contribution is -2.46. The van der Waals surface area contributed by atoms with Gasteiger partial charge in [-0.25, -0.2) is 4.98 Å². The smallest absolute Gasteiger partial charge is 0.253 e. The lowest BCUT2D eigenvalue weighted by molar-refractivity contribution is -0.136. The molecule has 0 bridgehead atoms. The summed E-state index contributed by atoms with van der Waals surface area (Å²) in [5.74, 6) is 0.119. The maximum absolute atomic E-state index is 12.9. The van der Waals surface area contributed by atoms with Crippen LogP contribution in [-0.4, -0.2) is 52.8 Å². The van der Waals surface area contributed by atoms with Crippen LogP contribution in [-0.2, 0) is 4.79 Å². The highest BCUT2D eigenvalue weighted by Crippen LogP contribution is 2.25. The summed E-state index contributed by atoms with van der Waals surface area (Å²) in [7, 11) is 0. The van der Waals surface area contributed by atoms with Crippen molar-refractivity contribution >= 4 is 33.4 Å². The number of piperidine rings is 1. The number of rotatable bonds is 4. The van der Waals surface area contributed by atoms with Crippen molar-refractivity contribution in [2.45, 2.75) is 33.6 Å². The van der Waals surface area contributed by atoms with Gasteiger partial charge in [0.2, 0.25) is 5.91 Å². The van der Waals surface area contributed by atoms with Crippen molar-refractivity contribution in [1.29, 1.82) is 0 Å². The normalized spacial score (nSPS) is 17.7. The summed E-state index contributed by atoms with van der Waals surface area (Å²) in [5, 5.41) is 1.00. The molecule has 5 nitrogen and oxygen atoms in total. The number of hydrogen-bond acceptors (Lipinski definition) is 4. The highest BCUT2D eigenvalue weighted by Gasteiger charge is 2.30. The van der Waals surface area contributed by atoms with Crippen LogP contribution in [0.25, 0.3) is 10.2 Å². The highest BCUT2D eigenvalue weighted by atomic mass is 32.1. The molecule has 1 aromatic heterocycles. The van der Waals surface area contributed by atoms with E-state index in [0.29, 0.717) is 12.1 Å². The zero-order chi connectivity index (χ0) is 18.0. The number of carbonyl (C=O) groups excluding carboxylic acids is 2. The first-order valence-electron chi connectivity index (χ1n) is 8.98. The Morgan fingerprint density at radius 3 is 2.80 bits per heavy atom. The van der Waals surface area contributed by atoms with Crippen LogP contribution in [0, 0.1) is 12.8 Å². The van der Waals surface area contributed by atoms with E-state index in [1.807, 2.05) is 48.8 Å². The van der Waals surface area contributed by atoms with Crippen LogP contribution in [0.2, 0.25) is 0 Å². The van der Waals surface area contributed by atoms with Gasteiger partial charge in [-0.15, -0.1) is 11.3 Å². The van der Waals surface area contributed by atoms with Crippen molar-refractivity contribution in [2.75, 3.05) is 26.2 Å². The summed E-state index contributed by atoms with van der Waals surface area (Å²) >= 11 is 1.60. The fraction of sp³-hybridized carbons (Fsp3) is 0.526. The predicted molar refractivity (Wildman–Crippen MR) is 101 cm³/mol. The van der Waals surface area contributed by atoms with Gasteiger partial charge in [0.25, 0.3) is 5.91 Å². The molecule has 25 heavy (non-hydrogen) atoms. The van der Waals surface area contributed by atoms with Crippen LogP contribution in [0.1, 0.15) is 42.1 Å². The Kier molecular flexibility index (Phi) is 5.37. The van der Waals surface area contributed by atoms with Crippen molar-refractivity contribution in [2.24, 2.45) is 5.92 Å². The largest absolute Gasteiger partial charge is 0.343 e. The Labute approximate surface area is 152 Å². The van der Waals surface area contributed by atoms with Crippen molar-refractivity contribution < 1.29 is 9.59 Å². The molecular weight excluding hydrogens is 334 g/mol. The van der Waals surface area contributed by atoms with Crippen LogP contribution < -0.4 is 0 Å². The monoisotopic (exact) mass is 359 g/mol. The van der Waals surface area contributed by atoms with E-state index in [4.69, 9.17) is 0 Å². The maximum atomic E-state index is 12.9. The van der Waals surface area contributed by atoms with E-state index in [9.17, 15) is 9.59 Å². The number of hydrogen-bond donors (Lipinski definition) is 0. The van der Waals surface area contributed by atoms with Crippen LogP contribution in [0.5, 0.6) is 0 Å². The third kappa shape index (κ3) is 3.68. The Morgan fingerprint density at radius 1 is 1.32 bits per heavy atom. The molecule has 1 aliphatic heterocycles. The molecule has 0 saturated carbocycles. The molecule has 0 spiro atoms. The van der Waals surface area contributed by atoms with E-state index in [1.54, 1.807) is 11.3 Å². The topological polar surface area (TPSA) is 53.5 Å². The number of nitrogens with zero attached hydrogens (tertiary/aromatic N) is 3. The van der Waals surface area contributed by atoms with E-state index in [0.717, 1.165) is 47.7 Å². The number of fused-ring (bicyclic) bond motifs is 1. The Balaban J connectivity index is 1.75. The first-order valence-corrected chi connectivity index (χ1v) is 9.80. The molecule has 2 aromatic rings. The van der Waals surface area contributed by atoms with Gasteiger partial charge in [-0.2, -0.15) is 0 Å². The van der Waals surface area contributed by atoms with Crippen molar-refractivity contribution in [3.05, 3.63) is 28.8 Å². The van der Waals surface area contributed by atoms with Crippen molar-refractivity contribution in [1.82, 2.24) is 14.8 Å². The van der Waals surface area contributed by atoms with Crippen LogP contribution in [0.15, 0.2) is 18.2 Å². The molecule has 0 radical (unpaired) electrons. The lowest BCUT2D eigenvalue weighted by atomic mass is 9.95. The summed E-state index contributed by atoms with van der Waals surface area (Å²) in [6.45, 7) is 8.66. The van der Waals surface area contributed by atoms with Crippen molar-refractivity contribution in [3.8, 4) is 0 Å². The molecular formula is C19H25N3O2S. The number of aromatic nitrogens is 1. The van der Waals surface area contributed by atoms with Gasteiger partial charge in [0.05, 0.1) is 21.1 Å². The fourth-order valence-corrected chi connectivity index (χ4v) is 4.38. The van der Waals surface area contributed by atoms with Gasteiger partial charge in [0.15, 0.2) is 0 Å². The third-order valence-electron chi connectivity index (χ3n) is 4.88. The summed E-state index contributed by atoms with van der Waals surface area (Å²) in [4.78, 5) is 33.7. The van der Waals surface area contributed by atoms with Gasteiger partial charge < -0.3 is 9.80 Å². The second-order valence-electron chi connectivity index (χ2n) is 6.52. The number of likely N-dealkylation sites (tertiary alicyclic amines) is 1. The van der Waals surface area contributed by atoms with Gasteiger partial charge in [0, 0.05) is 31.7 Å². The summed E-state index contributed by atoms with van der Waals surface area (Å²) in [6.07, 6.45) is 1.75. The molecule has 134 valence electrons. The molecule has 1 fully saturated rings. The minimum Gasteiger partial charge on any atom is -0.343 e. The molecule has 2 amide bonds. The second-order valence-corrected chi connectivity index (χ2v) is 7.75. The molecule has 0 aliphatic carbocycles. The molecule has 1 unspecified atom stereocenters. The fourth-order valence-electron chi connectivity index (χ4n) is 3.51. The van der Waals surface area contributed by atoms with Gasteiger partial charge >= 0.3 is 0 Å². The average Bonchev–Trinajstić information content (AvgIpc) is 3.01. The first-order chi connectivity index (χ1) is 12.0. The molecule has 1 atom stereocenters. The maximum Gasteiger partial charge on any atom is 0.253 e. The van der Waals surface area contributed by atoms with Crippen LogP contribution in [0.4, 0.5) is 0 Å². The molecule has 6 heteroatoms. The quantitative estimate of drug-likeness (QED) is 0.841. The summed E-state index contributed by atoms with van der Waals surface area (Å²) < 4.78 is 1.04. The van der Waals surface area contributed by atoms with E-state index >= 15 is 0 Å². The van der Waals surface area contributed by atoms with Gasteiger partial charge in [-0.3, -0.25) is 9.59 Å². The van der Waals surface area contributed by atoms with Gasteiger partial charge in [-0.05, 0) is 51.8 Å². The molecule has 0 N–H and O–H groups in total. The molecule has 2 heterocycles. The predicted octanol–water partition coefficient (Wildman–Crippen LogP) is 3.33. The van der Waals surface area contributed by atoms with Crippen molar-refractivity contribution in [3.63, 3.8) is 0 Å². The standard InChI is InChI=1S/C19H25N3O2S/c1-4-21(5-2)19(24)15-7-6-10-22(12-15)18(23)14-8-9-16-17(11-14)25-13(3)20-16/h8-9,11,15H,4-7,10,12H2,1-3H3. The van der Waals surface area contributed by atoms with Gasteiger partial charge in [0.1, 0.15) is 0 Å². The van der Waals surface area contributed by atoms with Crippen LogP contribution in [0.3, 0.4) is 0 Å². The zero-order valence-electron chi connectivity index (χ0n) is 15.1. The zero-order valence-corrected chi connectivity index (χ0v) is 15.9. The number of benzene rings is 1. The third-order valence-corrected chi connectivity index (χ3v) is 5.81. The Hall–Kier alpha value is -1.95. The summed E-state index contributed by atoms with van der Waals surface area (Å²) in [5.41, 5.74) is 1.62. The molecule has 1 saturated heterocycles. The summed E-state index contributed by atoms with van der Waals surface area (Å²) in [6, 6.07) is 5.69. The van der Waals surface area contributed by atoms with Crippen LogP contribution >= 0.6 is 11.3 Å². The minimum atomic E-state index is -0.0769.